The van der Waals surface area contributed by atoms with Crippen LogP contribution in [0.25, 0.3) is 0 Å². The summed E-state index contributed by atoms with van der Waals surface area (Å²) in [6, 6.07) is 4.51. The first-order valence-corrected chi connectivity index (χ1v) is 15.5. The first-order valence-electron chi connectivity index (χ1n) is 15.2. The standard InChI is InChI=1S/C33H45ClN2O6/c1-6-8-9-13-20-41-31(40)26-25-29(38)36(18-11-10-12-19-37)28(33(25)21-23(4)32(26,5)42-33)30(39)35(17-7-2)27-22(3)15-14-16-24(27)34/h6-7,14-16,23,25-26,28,37H,1-2,8-13,17-21H2,3-5H3/t23?,25-,26-,28?,32+,33?/m0/s1. The highest BCUT2D eigenvalue weighted by atomic mass is 35.5. The van der Waals surface area contributed by atoms with E-state index in [1.165, 1.54) is 0 Å². The molecule has 1 aromatic rings. The third-order valence-electron chi connectivity index (χ3n) is 9.44. The van der Waals surface area contributed by atoms with Crippen LogP contribution in [0.5, 0.6) is 0 Å². The Kier molecular flexibility index (Phi) is 10.2. The molecule has 0 aliphatic carbocycles. The van der Waals surface area contributed by atoms with E-state index in [9.17, 15) is 19.5 Å². The van der Waals surface area contributed by atoms with Crippen molar-refractivity contribution in [1.29, 1.82) is 0 Å². The summed E-state index contributed by atoms with van der Waals surface area (Å²) in [5.41, 5.74) is -0.733. The summed E-state index contributed by atoms with van der Waals surface area (Å²) < 4.78 is 12.6. The van der Waals surface area contributed by atoms with Gasteiger partial charge in [0, 0.05) is 19.7 Å². The Morgan fingerprint density at radius 3 is 2.64 bits per heavy atom. The van der Waals surface area contributed by atoms with Gasteiger partial charge in [0.25, 0.3) is 5.91 Å². The molecule has 3 heterocycles. The zero-order valence-corrected chi connectivity index (χ0v) is 25.9. The monoisotopic (exact) mass is 600 g/mol. The smallest absolute Gasteiger partial charge is 0.312 e. The molecule has 1 aromatic carbocycles. The number of nitrogens with zero attached hydrogens (tertiary/aromatic N) is 2. The average Bonchev–Trinajstić information content (AvgIpc) is 3.46. The number of halogens is 1. The minimum atomic E-state index is -1.18. The van der Waals surface area contributed by atoms with E-state index in [0.29, 0.717) is 49.4 Å². The van der Waals surface area contributed by atoms with Gasteiger partial charge >= 0.3 is 5.97 Å². The number of likely N-dealkylation sites (tertiary alicyclic amines) is 1. The summed E-state index contributed by atoms with van der Waals surface area (Å²) >= 11 is 6.64. The van der Waals surface area contributed by atoms with Gasteiger partial charge in [0.15, 0.2) is 0 Å². The fourth-order valence-electron chi connectivity index (χ4n) is 7.37. The van der Waals surface area contributed by atoms with Gasteiger partial charge in [-0.05, 0) is 76.3 Å². The average molecular weight is 601 g/mol. The van der Waals surface area contributed by atoms with Crippen LogP contribution in [0.2, 0.25) is 5.02 Å². The number of unbranched alkanes of at least 4 members (excludes halogenated alkanes) is 4. The van der Waals surface area contributed by atoms with Crippen molar-refractivity contribution in [3.8, 4) is 0 Å². The summed E-state index contributed by atoms with van der Waals surface area (Å²) in [5, 5.41) is 9.73. The van der Waals surface area contributed by atoms with Crippen LogP contribution < -0.4 is 4.90 Å². The van der Waals surface area contributed by atoms with Crippen LogP contribution in [0.1, 0.15) is 64.4 Å². The number of amides is 2. The number of para-hydroxylation sites is 1. The molecule has 4 rings (SSSR count). The Balaban J connectivity index is 1.74. The SMILES string of the molecule is C=CCCCCOC(=O)[C@@H]1[C@H]2C(=O)N(CCCCCO)C(C(=O)N(CC=C)c3c(C)cccc3Cl)C23CC(C)[C@@]1(C)O3. The molecule has 1 N–H and O–H groups in total. The number of hydrogen-bond acceptors (Lipinski definition) is 6. The first kappa shape index (κ1) is 32.2. The number of carbonyl (C=O) groups is 3. The normalized spacial score (nSPS) is 29.5. The number of anilines is 1. The van der Waals surface area contributed by atoms with Crippen molar-refractivity contribution in [3.05, 3.63) is 54.1 Å². The van der Waals surface area contributed by atoms with E-state index in [2.05, 4.69) is 13.2 Å². The van der Waals surface area contributed by atoms with E-state index >= 15 is 0 Å². The van der Waals surface area contributed by atoms with Crippen molar-refractivity contribution in [2.24, 2.45) is 17.8 Å². The fraction of sp³-hybridized carbons (Fsp3) is 0.606. The maximum absolute atomic E-state index is 14.8. The number of aliphatic hydroxyl groups excluding tert-OH is 1. The van der Waals surface area contributed by atoms with Gasteiger partial charge in [-0.15, -0.1) is 13.2 Å². The lowest BCUT2D eigenvalue weighted by atomic mass is 9.62. The predicted molar refractivity (Wildman–Crippen MR) is 163 cm³/mol. The molecule has 0 radical (unpaired) electrons. The van der Waals surface area contributed by atoms with Crippen LogP contribution in [0, 0.1) is 24.7 Å². The van der Waals surface area contributed by atoms with Crippen LogP contribution in [-0.4, -0.2) is 71.3 Å². The fourth-order valence-corrected chi connectivity index (χ4v) is 7.70. The summed E-state index contributed by atoms with van der Waals surface area (Å²) in [6.07, 6.45) is 8.25. The molecule has 9 heteroatoms. The van der Waals surface area contributed by atoms with E-state index in [0.717, 1.165) is 18.4 Å². The molecule has 2 bridgehead atoms. The van der Waals surface area contributed by atoms with Crippen molar-refractivity contribution >= 4 is 35.1 Å². The Bertz CT molecular complexity index is 1180. The van der Waals surface area contributed by atoms with Gasteiger partial charge in [-0.25, -0.2) is 0 Å². The number of esters is 1. The van der Waals surface area contributed by atoms with E-state index in [-0.39, 0.29) is 37.5 Å². The third-order valence-corrected chi connectivity index (χ3v) is 9.75. The predicted octanol–water partition coefficient (Wildman–Crippen LogP) is 5.24. The Morgan fingerprint density at radius 2 is 1.98 bits per heavy atom. The van der Waals surface area contributed by atoms with E-state index in [1.54, 1.807) is 21.9 Å². The quantitative estimate of drug-likeness (QED) is 0.168. The lowest BCUT2D eigenvalue weighted by Crippen LogP contribution is -2.57. The molecule has 0 saturated carbocycles. The highest BCUT2D eigenvalue weighted by Gasteiger charge is 2.80. The van der Waals surface area contributed by atoms with Gasteiger partial charge in [-0.2, -0.15) is 0 Å². The highest BCUT2D eigenvalue weighted by Crippen LogP contribution is 2.65. The maximum atomic E-state index is 14.8. The number of aryl methyl sites for hydroxylation is 1. The number of fused-ring (bicyclic) bond motifs is 1. The van der Waals surface area contributed by atoms with Crippen molar-refractivity contribution in [1.82, 2.24) is 4.90 Å². The van der Waals surface area contributed by atoms with Crippen molar-refractivity contribution in [3.63, 3.8) is 0 Å². The second-order valence-electron chi connectivity index (χ2n) is 12.1. The van der Waals surface area contributed by atoms with E-state index in [4.69, 9.17) is 21.1 Å². The lowest BCUT2D eigenvalue weighted by Gasteiger charge is -2.37. The van der Waals surface area contributed by atoms with Gasteiger partial charge in [0.05, 0.1) is 28.8 Å². The number of benzene rings is 1. The Hall–Kier alpha value is -2.68. The van der Waals surface area contributed by atoms with Gasteiger partial charge < -0.3 is 24.4 Å². The number of hydrogen-bond donors (Lipinski definition) is 1. The molecule has 3 saturated heterocycles. The molecule has 3 unspecified atom stereocenters. The van der Waals surface area contributed by atoms with Gasteiger partial charge in [0.2, 0.25) is 5.91 Å². The first-order chi connectivity index (χ1) is 20.1. The van der Waals surface area contributed by atoms with Crippen molar-refractivity contribution in [2.45, 2.75) is 83.0 Å². The molecule has 42 heavy (non-hydrogen) atoms. The highest BCUT2D eigenvalue weighted by molar-refractivity contribution is 6.34. The Labute approximate surface area is 254 Å². The van der Waals surface area contributed by atoms with E-state index < -0.39 is 35.0 Å². The Morgan fingerprint density at radius 1 is 1.21 bits per heavy atom. The second kappa shape index (κ2) is 13.3. The number of allylic oxidation sites excluding steroid dienone is 1. The maximum Gasteiger partial charge on any atom is 0.312 e. The summed E-state index contributed by atoms with van der Waals surface area (Å²) in [4.78, 5) is 46.0. The summed E-state index contributed by atoms with van der Waals surface area (Å²) in [7, 11) is 0. The van der Waals surface area contributed by atoms with Gasteiger partial charge in [0.1, 0.15) is 17.6 Å². The van der Waals surface area contributed by atoms with Gasteiger partial charge in [-0.1, -0.05) is 42.8 Å². The molecule has 1 spiro atoms. The van der Waals surface area contributed by atoms with Crippen LogP contribution in [0.3, 0.4) is 0 Å². The zero-order valence-electron chi connectivity index (χ0n) is 25.1. The molecular weight excluding hydrogens is 556 g/mol. The molecule has 3 aliphatic heterocycles. The molecule has 3 fully saturated rings. The minimum Gasteiger partial charge on any atom is -0.465 e. The number of rotatable bonds is 15. The number of carbonyl (C=O) groups excluding carboxylic acids is 3. The van der Waals surface area contributed by atoms with E-state index in [1.807, 2.05) is 39.0 Å². The molecule has 3 aliphatic rings. The largest absolute Gasteiger partial charge is 0.465 e. The van der Waals surface area contributed by atoms with Crippen LogP contribution in [0.15, 0.2) is 43.5 Å². The van der Waals surface area contributed by atoms with Crippen molar-refractivity contribution < 1.29 is 29.0 Å². The van der Waals surface area contributed by atoms with Crippen molar-refractivity contribution in [2.75, 3.05) is 31.2 Å². The lowest BCUT2D eigenvalue weighted by molar-refractivity contribution is -0.161. The summed E-state index contributed by atoms with van der Waals surface area (Å²) in [5.74, 6) is -2.74. The topological polar surface area (TPSA) is 96.4 Å². The molecule has 0 aromatic heterocycles. The van der Waals surface area contributed by atoms with Gasteiger partial charge in [-0.3, -0.25) is 14.4 Å². The number of ether oxygens (including phenoxy) is 2. The molecular formula is C33H45ClN2O6. The third kappa shape index (κ3) is 5.53. The van der Waals surface area contributed by atoms with Crippen LogP contribution in [0.4, 0.5) is 5.69 Å². The summed E-state index contributed by atoms with van der Waals surface area (Å²) in [6.45, 7) is 14.2. The zero-order chi connectivity index (χ0) is 30.7. The molecule has 2 amide bonds. The second-order valence-corrected chi connectivity index (χ2v) is 12.5. The molecule has 230 valence electrons. The minimum absolute atomic E-state index is 0.0570. The van der Waals surface area contributed by atoms with Crippen LogP contribution >= 0.6 is 11.6 Å². The number of aliphatic hydroxyl groups is 1. The molecule has 8 nitrogen and oxygen atoms in total. The van der Waals surface area contributed by atoms with Crippen LogP contribution in [-0.2, 0) is 23.9 Å². The molecule has 6 atom stereocenters.